The fourth-order valence-electron chi connectivity index (χ4n) is 2.84. The monoisotopic (exact) mass is 464 g/mol. The van der Waals surface area contributed by atoms with Crippen LogP contribution in [0.1, 0.15) is 11.1 Å². The van der Waals surface area contributed by atoms with Gasteiger partial charge in [0.05, 0.1) is 11.4 Å². The number of rotatable bonds is 7. The van der Waals surface area contributed by atoms with Crippen molar-refractivity contribution >= 4 is 33.2 Å². The third-order valence-corrected chi connectivity index (χ3v) is 6.66. The van der Waals surface area contributed by atoms with E-state index in [1.807, 2.05) is 6.92 Å². The molecule has 0 saturated heterocycles. The first-order chi connectivity index (χ1) is 14.7. The molecule has 0 radical (unpaired) electrons. The Hall–Kier alpha value is -2.81. The van der Waals surface area contributed by atoms with E-state index < -0.39 is 40.7 Å². The predicted molar refractivity (Wildman–Crippen MR) is 115 cm³/mol. The minimum Gasteiger partial charge on any atom is -0.325 e. The molecule has 0 fully saturated rings. The van der Waals surface area contributed by atoms with Crippen LogP contribution in [0, 0.1) is 18.6 Å². The molecule has 9 heteroatoms. The molecule has 0 heterocycles. The van der Waals surface area contributed by atoms with Gasteiger partial charge in [0.15, 0.2) is 0 Å². The Morgan fingerprint density at radius 1 is 1.00 bits per heavy atom. The second-order valence-corrected chi connectivity index (χ2v) is 9.19. The van der Waals surface area contributed by atoms with E-state index in [9.17, 15) is 22.0 Å². The van der Waals surface area contributed by atoms with Gasteiger partial charge in [0.25, 0.3) is 0 Å². The van der Waals surface area contributed by atoms with Crippen LogP contribution in [0.3, 0.4) is 0 Å². The Bertz CT molecular complexity index is 1160. The highest BCUT2D eigenvalue weighted by molar-refractivity contribution is 7.89. The van der Waals surface area contributed by atoms with Gasteiger partial charge in [-0.2, -0.15) is 4.31 Å². The van der Waals surface area contributed by atoms with Crippen molar-refractivity contribution in [2.45, 2.75) is 18.4 Å². The molecule has 0 aliphatic rings. The van der Waals surface area contributed by atoms with Crippen LogP contribution in [0.15, 0.2) is 71.6 Å². The lowest BCUT2D eigenvalue weighted by atomic mass is 10.2. The molecular formula is C22H19ClF2N2O3S. The number of carbonyl (C=O) groups is 1. The molecule has 1 N–H and O–H groups in total. The lowest BCUT2D eigenvalue weighted by molar-refractivity contribution is -0.116. The summed E-state index contributed by atoms with van der Waals surface area (Å²) >= 11 is 6.07. The first kappa shape index (κ1) is 22.9. The number of hydrogen-bond acceptors (Lipinski definition) is 3. The first-order valence-electron chi connectivity index (χ1n) is 9.22. The molecule has 0 saturated carbocycles. The molecule has 0 aromatic heterocycles. The first-order valence-corrected chi connectivity index (χ1v) is 11.0. The van der Waals surface area contributed by atoms with E-state index in [0.717, 1.165) is 28.1 Å². The lowest BCUT2D eigenvalue weighted by Crippen LogP contribution is -2.37. The number of amides is 1. The van der Waals surface area contributed by atoms with Crippen molar-refractivity contribution in [3.63, 3.8) is 0 Å². The van der Waals surface area contributed by atoms with E-state index in [1.165, 1.54) is 36.4 Å². The third kappa shape index (κ3) is 5.66. The molecule has 5 nitrogen and oxygen atoms in total. The van der Waals surface area contributed by atoms with Crippen molar-refractivity contribution in [2.75, 3.05) is 11.9 Å². The van der Waals surface area contributed by atoms with E-state index >= 15 is 0 Å². The maximum absolute atomic E-state index is 14.3. The van der Waals surface area contributed by atoms with Gasteiger partial charge in [-0.3, -0.25) is 4.79 Å². The smallest absolute Gasteiger partial charge is 0.243 e. The van der Waals surface area contributed by atoms with E-state index in [1.54, 1.807) is 12.1 Å². The van der Waals surface area contributed by atoms with Crippen LogP contribution in [0.4, 0.5) is 14.5 Å². The van der Waals surface area contributed by atoms with Crippen molar-refractivity contribution in [1.82, 2.24) is 4.31 Å². The fourth-order valence-corrected chi connectivity index (χ4v) is 4.43. The van der Waals surface area contributed by atoms with Crippen LogP contribution < -0.4 is 5.32 Å². The van der Waals surface area contributed by atoms with E-state index in [2.05, 4.69) is 5.32 Å². The maximum Gasteiger partial charge on any atom is 0.243 e. The molecule has 3 aromatic carbocycles. The number of anilines is 1. The minimum absolute atomic E-state index is 0.0415. The molecule has 0 bridgehead atoms. The van der Waals surface area contributed by atoms with Crippen molar-refractivity contribution in [3.05, 3.63) is 94.5 Å². The van der Waals surface area contributed by atoms with Gasteiger partial charge in [0.1, 0.15) is 11.6 Å². The highest BCUT2D eigenvalue weighted by Crippen LogP contribution is 2.25. The summed E-state index contributed by atoms with van der Waals surface area (Å²) in [5.74, 6) is -1.83. The largest absolute Gasteiger partial charge is 0.325 e. The fraction of sp³-hybridized carbons (Fsp3) is 0.136. The molecule has 1 amide bonds. The Morgan fingerprint density at radius 2 is 1.65 bits per heavy atom. The molecule has 0 atom stereocenters. The van der Waals surface area contributed by atoms with Crippen LogP contribution in [-0.2, 0) is 21.4 Å². The molecule has 3 aromatic rings. The molecule has 3 rings (SSSR count). The van der Waals surface area contributed by atoms with Crippen molar-refractivity contribution in [1.29, 1.82) is 0 Å². The Labute approximate surface area is 184 Å². The van der Waals surface area contributed by atoms with Crippen LogP contribution in [-0.4, -0.2) is 25.2 Å². The highest BCUT2D eigenvalue weighted by atomic mass is 35.5. The topological polar surface area (TPSA) is 66.5 Å². The number of aryl methyl sites for hydroxylation is 1. The number of hydrogen-bond donors (Lipinski definition) is 1. The van der Waals surface area contributed by atoms with Crippen LogP contribution in [0.25, 0.3) is 0 Å². The number of nitrogens with one attached hydrogen (secondary N) is 1. The zero-order valence-electron chi connectivity index (χ0n) is 16.5. The molecule has 0 spiro atoms. The Kier molecular flexibility index (Phi) is 7.04. The van der Waals surface area contributed by atoms with Gasteiger partial charge in [-0.1, -0.05) is 35.4 Å². The molecule has 31 heavy (non-hydrogen) atoms. The molecule has 0 unspecified atom stereocenters. The SMILES string of the molecule is Cc1ccc(S(=O)(=O)N(CC(=O)Nc2ccc(F)cc2)Cc2c(F)cccc2Cl)cc1. The number of halogens is 3. The summed E-state index contributed by atoms with van der Waals surface area (Å²) in [5, 5.41) is 2.55. The number of carbonyl (C=O) groups excluding carboxylic acids is 1. The second kappa shape index (κ2) is 9.55. The normalized spacial score (nSPS) is 11.5. The molecule has 162 valence electrons. The lowest BCUT2D eigenvalue weighted by Gasteiger charge is -2.23. The highest BCUT2D eigenvalue weighted by Gasteiger charge is 2.28. The van der Waals surface area contributed by atoms with Gasteiger partial charge in [-0.05, 0) is 55.5 Å². The summed E-state index contributed by atoms with van der Waals surface area (Å²) in [6.45, 7) is 0.764. The van der Waals surface area contributed by atoms with Gasteiger partial charge in [-0.15, -0.1) is 0 Å². The van der Waals surface area contributed by atoms with Crippen LogP contribution in [0.2, 0.25) is 5.02 Å². The molecule has 0 aliphatic carbocycles. The Morgan fingerprint density at radius 3 is 2.26 bits per heavy atom. The maximum atomic E-state index is 14.3. The van der Waals surface area contributed by atoms with Crippen LogP contribution >= 0.6 is 11.6 Å². The van der Waals surface area contributed by atoms with Gasteiger partial charge >= 0.3 is 0 Å². The third-order valence-electron chi connectivity index (χ3n) is 4.50. The summed E-state index contributed by atoms with van der Waals surface area (Å²) < 4.78 is 54.7. The van der Waals surface area contributed by atoms with Gasteiger partial charge in [0.2, 0.25) is 15.9 Å². The minimum atomic E-state index is -4.16. The molecule has 0 aliphatic heterocycles. The number of nitrogens with zero attached hydrogens (tertiary/aromatic N) is 1. The second-order valence-electron chi connectivity index (χ2n) is 6.84. The quantitative estimate of drug-likeness (QED) is 0.548. The van der Waals surface area contributed by atoms with Gasteiger partial charge in [-0.25, -0.2) is 17.2 Å². The Balaban J connectivity index is 1.92. The average Bonchev–Trinajstić information content (AvgIpc) is 2.72. The van der Waals surface area contributed by atoms with Crippen molar-refractivity contribution < 1.29 is 22.0 Å². The van der Waals surface area contributed by atoms with Crippen LogP contribution in [0.5, 0.6) is 0 Å². The molecular weight excluding hydrogens is 446 g/mol. The van der Waals surface area contributed by atoms with Crippen molar-refractivity contribution in [3.8, 4) is 0 Å². The summed E-state index contributed by atoms with van der Waals surface area (Å²) in [4.78, 5) is 12.5. The average molecular weight is 465 g/mol. The number of benzene rings is 3. The summed E-state index contributed by atoms with van der Waals surface area (Å²) in [6, 6.07) is 15.1. The van der Waals surface area contributed by atoms with E-state index in [0.29, 0.717) is 5.69 Å². The standard InChI is InChI=1S/C22H19ClF2N2O3S/c1-15-5-11-18(12-6-15)31(29,30)27(13-19-20(23)3-2-4-21(19)25)14-22(28)26-17-9-7-16(24)8-10-17/h2-12H,13-14H2,1H3,(H,26,28). The zero-order chi connectivity index (χ0) is 22.6. The van der Waals surface area contributed by atoms with Gasteiger partial charge in [0, 0.05) is 22.8 Å². The van der Waals surface area contributed by atoms with Crippen molar-refractivity contribution in [2.24, 2.45) is 0 Å². The number of sulfonamides is 1. The summed E-state index contributed by atoms with van der Waals surface area (Å²) in [5.41, 5.74) is 1.11. The summed E-state index contributed by atoms with van der Waals surface area (Å²) in [6.07, 6.45) is 0. The van der Waals surface area contributed by atoms with Gasteiger partial charge < -0.3 is 5.32 Å². The summed E-state index contributed by atoms with van der Waals surface area (Å²) in [7, 11) is -4.16. The zero-order valence-corrected chi connectivity index (χ0v) is 18.1. The predicted octanol–water partition coefficient (Wildman–Crippen LogP) is 4.76. The van der Waals surface area contributed by atoms with E-state index in [4.69, 9.17) is 11.6 Å². The van der Waals surface area contributed by atoms with E-state index in [-0.39, 0.29) is 15.5 Å².